The Balaban J connectivity index is 2.20. The van der Waals surface area contributed by atoms with Crippen LogP contribution in [0.15, 0.2) is 29.3 Å². The smallest absolute Gasteiger partial charge is 0.318 e. The molecule has 0 aromatic heterocycles. The molecule has 0 unspecified atom stereocenters. The van der Waals surface area contributed by atoms with Gasteiger partial charge in [-0.1, -0.05) is 24.3 Å². The number of ether oxygens (including phenoxy) is 1. The van der Waals surface area contributed by atoms with Crippen LogP contribution in [0.4, 0.5) is 0 Å². The highest BCUT2D eigenvalue weighted by atomic mass is 16.5. The van der Waals surface area contributed by atoms with E-state index in [4.69, 9.17) is 4.74 Å². The van der Waals surface area contributed by atoms with Crippen LogP contribution in [0.3, 0.4) is 0 Å². The van der Waals surface area contributed by atoms with Crippen molar-refractivity contribution in [3.05, 3.63) is 35.4 Å². The van der Waals surface area contributed by atoms with Gasteiger partial charge in [0.1, 0.15) is 5.92 Å². The van der Waals surface area contributed by atoms with E-state index in [2.05, 4.69) is 4.99 Å². The fourth-order valence-electron chi connectivity index (χ4n) is 3.22. The highest BCUT2D eigenvalue weighted by Gasteiger charge is 2.72. The quantitative estimate of drug-likeness (QED) is 0.769. The number of aliphatic hydroxyl groups is 2. The number of benzene rings is 1. The highest BCUT2D eigenvalue weighted by molar-refractivity contribution is 6.18. The second-order valence-corrected chi connectivity index (χ2v) is 5.25. The molecule has 1 heterocycles. The van der Waals surface area contributed by atoms with E-state index < -0.39 is 29.0 Å². The molecule has 0 saturated carbocycles. The standard InChI is InChI=1S/C15H15NO5/c1-3-21-13(18)11-8(2)16-15(20)10-7-5-4-6-9(10)12(17)14(11,15)19/h4-7,11,19-20H,3H2,1-2H3/t11-,14+,15+/m0/s1. The second-order valence-electron chi connectivity index (χ2n) is 5.25. The summed E-state index contributed by atoms with van der Waals surface area (Å²) < 4.78 is 4.92. The molecule has 2 N–H and O–H groups in total. The van der Waals surface area contributed by atoms with Crippen molar-refractivity contribution in [1.29, 1.82) is 0 Å². The van der Waals surface area contributed by atoms with Gasteiger partial charge in [-0.2, -0.15) is 0 Å². The molecule has 0 bridgehead atoms. The fourth-order valence-corrected chi connectivity index (χ4v) is 3.22. The van der Waals surface area contributed by atoms with E-state index in [9.17, 15) is 19.8 Å². The minimum Gasteiger partial charge on any atom is -0.465 e. The van der Waals surface area contributed by atoms with Crippen LogP contribution in [-0.4, -0.2) is 39.9 Å². The van der Waals surface area contributed by atoms with Crippen LogP contribution in [0.1, 0.15) is 29.8 Å². The third kappa shape index (κ3) is 1.46. The van der Waals surface area contributed by atoms with E-state index in [1.165, 1.54) is 19.1 Å². The molecule has 1 aromatic rings. The van der Waals surface area contributed by atoms with Crippen molar-refractivity contribution in [2.75, 3.05) is 6.61 Å². The number of Topliss-reactive ketones (excluding diaryl/α,β-unsaturated/α-hetero) is 1. The van der Waals surface area contributed by atoms with E-state index in [0.717, 1.165) is 0 Å². The third-order valence-corrected chi connectivity index (χ3v) is 4.12. The molecule has 1 aliphatic carbocycles. The van der Waals surface area contributed by atoms with Gasteiger partial charge in [0.15, 0.2) is 5.60 Å². The van der Waals surface area contributed by atoms with Gasteiger partial charge in [-0.3, -0.25) is 14.6 Å². The van der Waals surface area contributed by atoms with Crippen molar-refractivity contribution in [3.8, 4) is 0 Å². The van der Waals surface area contributed by atoms with E-state index in [1.807, 2.05) is 0 Å². The van der Waals surface area contributed by atoms with E-state index >= 15 is 0 Å². The summed E-state index contributed by atoms with van der Waals surface area (Å²) in [4.78, 5) is 28.7. The van der Waals surface area contributed by atoms with Crippen LogP contribution < -0.4 is 0 Å². The SMILES string of the molecule is CCOC(=O)[C@@H]1C(C)=N[C@@]2(O)c3ccccc3C(=O)[C@]12O. The summed E-state index contributed by atoms with van der Waals surface area (Å²) in [5.74, 6) is -2.78. The van der Waals surface area contributed by atoms with Gasteiger partial charge >= 0.3 is 5.97 Å². The normalized spacial score (nSPS) is 33.4. The number of hydrogen-bond donors (Lipinski definition) is 2. The summed E-state index contributed by atoms with van der Waals surface area (Å²) in [5.41, 5.74) is -3.91. The number of carbonyl (C=O) groups excluding carboxylic acids is 2. The van der Waals surface area contributed by atoms with Crippen molar-refractivity contribution < 1.29 is 24.5 Å². The van der Waals surface area contributed by atoms with E-state index in [-0.39, 0.29) is 23.4 Å². The van der Waals surface area contributed by atoms with Crippen LogP contribution in [0.2, 0.25) is 0 Å². The molecule has 1 aromatic carbocycles. The first-order valence-electron chi connectivity index (χ1n) is 6.70. The molecule has 3 atom stereocenters. The lowest BCUT2D eigenvalue weighted by Gasteiger charge is -2.31. The molecular formula is C15H15NO5. The molecule has 6 nitrogen and oxygen atoms in total. The van der Waals surface area contributed by atoms with Crippen LogP contribution >= 0.6 is 0 Å². The summed E-state index contributed by atoms with van der Waals surface area (Å²) >= 11 is 0. The fraction of sp³-hybridized carbons (Fsp3) is 0.400. The van der Waals surface area contributed by atoms with Crippen molar-refractivity contribution in [2.24, 2.45) is 10.9 Å². The van der Waals surface area contributed by atoms with Crippen LogP contribution in [0.25, 0.3) is 0 Å². The zero-order valence-corrected chi connectivity index (χ0v) is 11.7. The van der Waals surface area contributed by atoms with Crippen molar-refractivity contribution in [1.82, 2.24) is 0 Å². The van der Waals surface area contributed by atoms with Gasteiger partial charge in [-0.25, -0.2) is 0 Å². The minimum absolute atomic E-state index is 0.109. The van der Waals surface area contributed by atoms with Crippen molar-refractivity contribution in [2.45, 2.75) is 25.2 Å². The Morgan fingerprint density at radius 3 is 2.71 bits per heavy atom. The third-order valence-electron chi connectivity index (χ3n) is 4.12. The molecular weight excluding hydrogens is 274 g/mol. The molecule has 0 fully saturated rings. The zero-order valence-electron chi connectivity index (χ0n) is 11.7. The number of rotatable bonds is 2. The predicted molar refractivity (Wildman–Crippen MR) is 72.9 cm³/mol. The summed E-state index contributed by atoms with van der Waals surface area (Å²) in [6.07, 6.45) is 0. The average Bonchev–Trinajstić information content (AvgIpc) is 2.75. The highest BCUT2D eigenvalue weighted by Crippen LogP contribution is 2.53. The number of fused-ring (bicyclic) bond motifs is 3. The van der Waals surface area contributed by atoms with E-state index in [1.54, 1.807) is 19.1 Å². The monoisotopic (exact) mass is 289 g/mol. The molecule has 1 aliphatic heterocycles. The predicted octanol–water partition coefficient (Wildman–Crippen LogP) is 0.413. The topological polar surface area (TPSA) is 96.2 Å². The summed E-state index contributed by atoms with van der Waals surface area (Å²) in [6.45, 7) is 3.23. The molecule has 0 radical (unpaired) electrons. The first-order valence-corrected chi connectivity index (χ1v) is 6.70. The van der Waals surface area contributed by atoms with Crippen LogP contribution in [-0.2, 0) is 15.3 Å². The summed E-state index contributed by atoms with van der Waals surface area (Å²) in [7, 11) is 0. The number of nitrogens with zero attached hydrogens (tertiary/aromatic N) is 1. The Hall–Kier alpha value is -2.05. The number of hydrogen-bond acceptors (Lipinski definition) is 6. The average molecular weight is 289 g/mol. The Kier molecular flexibility index (Phi) is 2.80. The molecule has 2 aliphatic rings. The van der Waals surface area contributed by atoms with Crippen molar-refractivity contribution >= 4 is 17.5 Å². The molecule has 3 rings (SSSR count). The molecule has 21 heavy (non-hydrogen) atoms. The Bertz CT molecular complexity index is 682. The Morgan fingerprint density at radius 1 is 1.38 bits per heavy atom. The number of aliphatic imine (C=N–C) groups is 1. The zero-order chi connectivity index (χ0) is 15.4. The van der Waals surface area contributed by atoms with Crippen molar-refractivity contribution in [3.63, 3.8) is 0 Å². The molecule has 6 heteroatoms. The molecule has 0 saturated heterocycles. The molecule has 0 spiro atoms. The molecule has 110 valence electrons. The number of carbonyl (C=O) groups is 2. The van der Waals surface area contributed by atoms with E-state index in [0.29, 0.717) is 0 Å². The Morgan fingerprint density at radius 2 is 2.05 bits per heavy atom. The number of esters is 1. The minimum atomic E-state index is -2.34. The summed E-state index contributed by atoms with van der Waals surface area (Å²) in [6, 6.07) is 6.29. The largest absolute Gasteiger partial charge is 0.465 e. The van der Waals surface area contributed by atoms with Gasteiger partial charge in [0.05, 0.1) is 6.61 Å². The first-order chi connectivity index (χ1) is 9.88. The first kappa shape index (κ1) is 13.9. The Labute approximate surface area is 121 Å². The van der Waals surface area contributed by atoms with Gasteiger partial charge < -0.3 is 14.9 Å². The van der Waals surface area contributed by atoms with Gasteiger partial charge in [-0.05, 0) is 13.8 Å². The maximum absolute atomic E-state index is 12.6. The second kappa shape index (κ2) is 4.22. The van der Waals surface area contributed by atoms with Gasteiger partial charge in [0.2, 0.25) is 11.5 Å². The van der Waals surface area contributed by atoms with Gasteiger partial charge in [0.25, 0.3) is 0 Å². The molecule has 0 amide bonds. The maximum atomic E-state index is 12.6. The summed E-state index contributed by atoms with van der Waals surface area (Å²) in [5, 5.41) is 21.7. The maximum Gasteiger partial charge on any atom is 0.318 e. The lowest BCUT2D eigenvalue weighted by Crippen LogP contribution is -2.56. The lowest BCUT2D eigenvalue weighted by atomic mass is 9.79. The van der Waals surface area contributed by atoms with Crippen LogP contribution in [0, 0.1) is 5.92 Å². The van der Waals surface area contributed by atoms with Crippen LogP contribution in [0.5, 0.6) is 0 Å². The van der Waals surface area contributed by atoms with Gasteiger partial charge in [0, 0.05) is 16.8 Å². The van der Waals surface area contributed by atoms with Gasteiger partial charge in [-0.15, -0.1) is 0 Å². The lowest BCUT2D eigenvalue weighted by molar-refractivity contribution is -0.164. The number of ketones is 1.